The molecule has 6 heteroatoms. The van der Waals surface area contributed by atoms with Gasteiger partial charge in [0, 0.05) is 25.2 Å². The van der Waals surface area contributed by atoms with Crippen LogP contribution in [0.1, 0.15) is 43.7 Å². The normalized spacial score (nSPS) is 19.1. The van der Waals surface area contributed by atoms with E-state index in [4.69, 9.17) is 10.00 Å². The first-order chi connectivity index (χ1) is 14.2. The van der Waals surface area contributed by atoms with Gasteiger partial charge in [0.1, 0.15) is 11.8 Å². The molecule has 0 N–H and O–H groups in total. The highest BCUT2D eigenvalue weighted by Gasteiger charge is 2.26. The van der Waals surface area contributed by atoms with Crippen LogP contribution in [-0.2, 0) is 11.2 Å². The molecule has 1 amide bonds. The zero-order chi connectivity index (χ0) is 20.2. The zero-order valence-corrected chi connectivity index (χ0v) is 16.8. The third-order valence-corrected chi connectivity index (χ3v) is 5.81. The van der Waals surface area contributed by atoms with Gasteiger partial charge in [0.2, 0.25) is 5.91 Å². The Morgan fingerprint density at radius 1 is 1.28 bits per heavy atom. The van der Waals surface area contributed by atoms with Gasteiger partial charge in [-0.3, -0.25) is 14.7 Å². The molecule has 0 radical (unpaired) electrons. The van der Waals surface area contributed by atoms with Crippen LogP contribution in [0.25, 0.3) is 0 Å². The van der Waals surface area contributed by atoms with Crippen molar-refractivity contribution in [3.05, 3.63) is 47.8 Å². The third-order valence-electron chi connectivity index (χ3n) is 5.81. The Kier molecular flexibility index (Phi) is 5.77. The summed E-state index contributed by atoms with van der Waals surface area (Å²) in [5, 5.41) is 9.13. The van der Waals surface area contributed by atoms with Gasteiger partial charge in [-0.05, 0) is 69.0 Å². The highest BCUT2D eigenvalue weighted by Crippen LogP contribution is 2.36. The topological polar surface area (TPSA) is 69.5 Å². The number of likely N-dealkylation sites (tertiary alicyclic amines) is 1. The van der Waals surface area contributed by atoms with Gasteiger partial charge < -0.3 is 9.64 Å². The van der Waals surface area contributed by atoms with Gasteiger partial charge in [0.05, 0.1) is 29.7 Å². The molecular formula is C23H26N4O2. The number of aromatic nitrogens is 1. The number of amides is 1. The number of nitriles is 1. The summed E-state index contributed by atoms with van der Waals surface area (Å²) >= 11 is 0. The largest absolute Gasteiger partial charge is 0.494 e. The highest BCUT2D eigenvalue weighted by atomic mass is 16.5. The number of nitrogens with zero attached hydrogens (tertiary/aromatic N) is 4. The number of ether oxygens (including phenoxy) is 1. The number of rotatable bonds is 6. The van der Waals surface area contributed by atoms with Crippen molar-refractivity contribution in [3.8, 4) is 11.8 Å². The first kappa shape index (κ1) is 19.4. The second kappa shape index (κ2) is 8.62. The van der Waals surface area contributed by atoms with E-state index in [1.807, 2.05) is 18.2 Å². The van der Waals surface area contributed by atoms with Gasteiger partial charge in [-0.1, -0.05) is 0 Å². The number of pyridine rings is 1. The molecule has 2 aliphatic heterocycles. The molecule has 4 rings (SSSR count). The minimum Gasteiger partial charge on any atom is -0.494 e. The van der Waals surface area contributed by atoms with Crippen molar-refractivity contribution in [2.45, 2.75) is 45.1 Å². The van der Waals surface area contributed by atoms with E-state index in [1.165, 1.54) is 25.6 Å². The molecule has 1 saturated heterocycles. The van der Waals surface area contributed by atoms with Crippen molar-refractivity contribution in [3.63, 3.8) is 0 Å². The molecule has 0 spiro atoms. The van der Waals surface area contributed by atoms with E-state index in [2.05, 4.69) is 22.9 Å². The van der Waals surface area contributed by atoms with Gasteiger partial charge >= 0.3 is 0 Å². The van der Waals surface area contributed by atoms with Gasteiger partial charge in [-0.25, -0.2) is 0 Å². The molecule has 2 aliphatic rings. The van der Waals surface area contributed by atoms with Crippen LogP contribution in [0.2, 0.25) is 0 Å². The predicted molar refractivity (Wildman–Crippen MR) is 111 cm³/mol. The van der Waals surface area contributed by atoms with Crippen LogP contribution in [0.15, 0.2) is 36.7 Å². The van der Waals surface area contributed by atoms with Crippen LogP contribution in [-0.4, -0.2) is 41.5 Å². The van der Waals surface area contributed by atoms with Crippen LogP contribution in [0, 0.1) is 11.3 Å². The monoisotopic (exact) mass is 390 g/mol. The molecule has 0 unspecified atom stereocenters. The molecule has 1 aromatic heterocycles. The Morgan fingerprint density at radius 3 is 2.97 bits per heavy atom. The molecule has 0 bridgehead atoms. The summed E-state index contributed by atoms with van der Waals surface area (Å²) in [5.74, 6) is 0.860. The van der Waals surface area contributed by atoms with Crippen LogP contribution in [0.4, 0.5) is 11.4 Å². The number of hydrogen-bond donors (Lipinski definition) is 0. The Bertz CT molecular complexity index is 937. The number of aryl methyl sites for hydroxylation is 1. The summed E-state index contributed by atoms with van der Waals surface area (Å²) in [5.41, 5.74) is 2.99. The lowest BCUT2D eigenvalue weighted by Gasteiger charge is -2.29. The number of hydrogen-bond acceptors (Lipinski definition) is 5. The Labute approximate surface area is 171 Å². The first-order valence-electron chi connectivity index (χ1n) is 10.3. The van der Waals surface area contributed by atoms with E-state index in [9.17, 15) is 4.79 Å². The van der Waals surface area contributed by atoms with Crippen molar-refractivity contribution in [1.29, 1.82) is 5.26 Å². The maximum Gasteiger partial charge on any atom is 0.231 e. The molecule has 1 atom stereocenters. The van der Waals surface area contributed by atoms with E-state index < -0.39 is 0 Å². The van der Waals surface area contributed by atoms with Crippen LogP contribution in [0.3, 0.4) is 0 Å². The number of benzene rings is 1. The number of anilines is 2. The summed E-state index contributed by atoms with van der Waals surface area (Å²) in [6, 6.07) is 10.4. The highest BCUT2D eigenvalue weighted by molar-refractivity contribution is 6.03. The van der Waals surface area contributed by atoms with Gasteiger partial charge in [-0.15, -0.1) is 0 Å². The van der Waals surface area contributed by atoms with E-state index in [-0.39, 0.29) is 5.91 Å². The Hall–Kier alpha value is -2.91. The molecule has 0 saturated carbocycles. The van der Waals surface area contributed by atoms with Crippen LogP contribution >= 0.6 is 0 Å². The maximum atomic E-state index is 12.6. The predicted octanol–water partition coefficient (Wildman–Crippen LogP) is 3.82. The fourth-order valence-corrected chi connectivity index (χ4v) is 4.23. The number of fused-ring (bicyclic) bond motifs is 1. The van der Waals surface area contributed by atoms with E-state index in [0.717, 1.165) is 30.0 Å². The quantitative estimate of drug-likeness (QED) is 0.702. The fourth-order valence-electron chi connectivity index (χ4n) is 4.23. The maximum absolute atomic E-state index is 12.6. The Morgan fingerprint density at radius 2 is 2.17 bits per heavy atom. The van der Waals surface area contributed by atoms with E-state index in [1.54, 1.807) is 17.2 Å². The molecule has 6 nitrogen and oxygen atoms in total. The summed E-state index contributed by atoms with van der Waals surface area (Å²) < 4.78 is 5.99. The second-order valence-corrected chi connectivity index (χ2v) is 7.79. The second-order valence-electron chi connectivity index (χ2n) is 7.79. The molecule has 1 aromatic carbocycles. The lowest BCUT2D eigenvalue weighted by molar-refractivity contribution is -0.118. The molecule has 150 valence electrons. The van der Waals surface area contributed by atoms with Gasteiger partial charge in [0.15, 0.2) is 0 Å². The summed E-state index contributed by atoms with van der Waals surface area (Å²) in [4.78, 5) is 20.9. The third kappa shape index (κ3) is 4.25. The summed E-state index contributed by atoms with van der Waals surface area (Å²) in [6.07, 6.45) is 7.86. The molecule has 1 fully saturated rings. The minimum absolute atomic E-state index is 0.0165. The molecule has 3 heterocycles. The van der Waals surface area contributed by atoms with Crippen molar-refractivity contribution in [2.75, 3.05) is 24.6 Å². The summed E-state index contributed by atoms with van der Waals surface area (Å²) in [6.45, 7) is 5.27. The van der Waals surface area contributed by atoms with E-state index in [0.29, 0.717) is 36.7 Å². The molecular weight excluding hydrogens is 364 g/mol. The lowest BCUT2D eigenvalue weighted by atomic mass is 10.00. The van der Waals surface area contributed by atoms with Crippen molar-refractivity contribution < 1.29 is 9.53 Å². The van der Waals surface area contributed by atoms with E-state index >= 15 is 0 Å². The van der Waals surface area contributed by atoms with Crippen LogP contribution < -0.4 is 9.64 Å². The van der Waals surface area contributed by atoms with Crippen molar-refractivity contribution in [2.24, 2.45) is 0 Å². The fraction of sp³-hybridized carbons (Fsp3) is 0.435. The standard InChI is InChI=1S/C23H26N4O2/c1-17-4-2-9-26(17)10-3-11-29-21-6-7-22-19(13-21)5-8-23(28)27(22)20-12-18(14-24)15-25-16-20/h6-7,12-13,15-17H,2-5,8-11H2,1H3/t17-/m1/s1. The lowest BCUT2D eigenvalue weighted by Crippen LogP contribution is -2.31. The molecule has 2 aromatic rings. The molecule has 29 heavy (non-hydrogen) atoms. The number of carbonyl (C=O) groups is 1. The van der Waals surface area contributed by atoms with Gasteiger partial charge in [0.25, 0.3) is 0 Å². The summed E-state index contributed by atoms with van der Waals surface area (Å²) in [7, 11) is 0. The average Bonchev–Trinajstić information content (AvgIpc) is 3.16. The van der Waals surface area contributed by atoms with Crippen molar-refractivity contribution in [1.82, 2.24) is 9.88 Å². The van der Waals surface area contributed by atoms with Crippen molar-refractivity contribution >= 4 is 17.3 Å². The SMILES string of the molecule is C[C@@H]1CCCN1CCCOc1ccc2c(c1)CCC(=O)N2c1cncc(C#N)c1. The molecule has 0 aliphatic carbocycles. The smallest absolute Gasteiger partial charge is 0.231 e. The Balaban J connectivity index is 1.44. The minimum atomic E-state index is 0.0165. The first-order valence-corrected chi connectivity index (χ1v) is 10.3. The van der Waals surface area contributed by atoms with Crippen LogP contribution in [0.5, 0.6) is 5.75 Å². The zero-order valence-electron chi connectivity index (χ0n) is 16.8. The number of carbonyl (C=O) groups excluding carboxylic acids is 1. The average molecular weight is 390 g/mol. The van der Waals surface area contributed by atoms with Gasteiger partial charge in [-0.2, -0.15) is 5.26 Å².